The van der Waals surface area contributed by atoms with Crippen LogP contribution in [0, 0.1) is 6.92 Å². The van der Waals surface area contributed by atoms with E-state index >= 15 is 0 Å². The van der Waals surface area contributed by atoms with Crippen LogP contribution < -0.4 is 16.2 Å². The van der Waals surface area contributed by atoms with Gasteiger partial charge in [0.25, 0.3) is 5.56 Å². The first-order chi connectivity index (χ1) is 17.0. The second-order valence-corrected chi connectivity index (χ2v) is 8.34. The van der Waals surface area contributed by atoms with Crippen LogP contribution in [0.25, 0.3) is 33.5 Å². The molecule has 5 rings (SSSR count). The Morgan fingerprint density at radius 3 is 2.71 bits per heavy atom. The van der Waals surface area contributed by atoms with Crippen LogP contribution >= 0.6 is 0 Å². The molecule has 0 aliphatic rings. The summed E-state index contributed by atoms with van der Waals surface area (Å²) in [5.41, 5.74) is 5.28. The number of nitrogens with zero attached hydrogens (tertiary/aromatic N) is 5. The normalized spacial score (nSPS) is 12.3. The number of aliphatic hydroxyl groups is 1. The van der Waals surface area contributed by atoms with Gasteiger partial charge in [0.1, 0.15) is 22.7 Å². The van der Waals surface area contributed by atoms with Crippen LogP contribution in [0.4, 0.5) is 11.4 Å². The minimum absolute atomic E-state index is 0.0316. The van der Waals surface area contributed by atoms with E-state index in [1.807, 2.05) is 39.1 Å². The predicted octanol–water partition coefficient (Wildman–Crippen LogP) is 2.96. The Morgan fingerprint density at radius 1 is 1.17 bits per heavy atom. The van der Waals surface area contributed by atoms with Gasteiger partial charge in [-0.15, -0.1) is 0 Å². The number of aliphatic hydroxyl groups excluding tert-OH is 1. The average Bonchev–Trinajstić information content (AvgIpc) is 3.46. The van der Waals surface area contributed by atoms with Crippen molar-refractivity contribution in [2.24, 2.45) is 0 Å². The molecule has 11 heteroatoms. The van der Waals surface area contributed by atoms with Gasteiger partial charge in [0.2, 0.25) is 0 Å². The molecule has 1 aromatic carbocycles. The second-order valence-electron chi connectivity index (χ2n) is 8.34. The quantitative estimate of drug-likeness (QED) is 0.231. The SMILES string of the molecule is CCn1cc2[nH]c(=O)c(-c3nc4cc(C)c(NCCO)cc4[nH]3)c(N[C@@H](C)c3ncccn3)c2n1. The maximum absolute atomic E-state index is 13.4. The van der Waals surface area contributed by atoms with Crippen LogP contribution in [-0.4, -0.2) is 53.0 Å². The van der Waals surface area contributed by atoms with Crippen molar-refractivity contribution in [3.05, 3.63) is 58.5 Å². The zero-order valence-corrected chi connectivity index (χ0v) is 19.8. The van der Waals surface area contributed by atoms with Crippen molar-refractivity contribution < 1.29 is 5.11 Å². The van der Waals surface area contributed by atoms with Crippen molar-refractivity contribution in [1.29, 1.82) is 0 Å². The van der Waals surface area contributed by atoms with Crippen LogP contribution in [0.1, 0.15) is 31.3 Å². The highest BCUT2D eigenvalue weighted by molar-refractivity contribution is 5.97. The van der Waals surface area contributed by atoms with E-state index in [4.69, 9.17) is 10.1 Å². The average molecular weight is 474 g/mol. The molecule has 0 radical (unpaired) electrons. The van der Waals surface area contributed by atoms with Gasteiger partial charge in [0, 0.05) is 37.4 Å². The van der Waals surface area contributed by atoms with Gasteiger partial charge in [-0.3, -0.25) is 9.48 Å². The van der Waals surface area contributed by atoms with E-state index in [1.54, 1.807) is 23.1 Å². The minimum Gasteiger partial charge on any atom is -0.395 e. The molecule has 0 aliphatic heterocycles. The number of aromatic nitrogens is 7. The number of imidazole rings is 1. The molecule has 0 fully saturated rings. The van der Waals surface area contributed by atoms with Gasteiger partial charge in [0.15, 0.2) is 0 Å². The van der Waals surface area contributed by atoms with E-state index in [9.17, 15) is 4.79 Å². The lowest BCUT2D eigenvalue weighted by Crippen LogP contribution is -2.17. The molecule has 5 aromatic rings. The van der Waals surface area contributed by atoms with Gasteiger partial charge < -0.3 is 25.7 Å². The third kappa shape index (κ3) is 4.21. The Bertz CT molecular complexity index is 1550. The number of fused-ring (bicyclic) bond motifs is 2. The fraction of sp³-hybridized carbons (Fsp3) is 0.292. The first-order valence-electron chi connectivity index (χ1n) is 11.5. The van der Waals surface area contributed by atoms with Gasteiger partial charge in [-0.2, -0.15) is 5.10 Å². The van der Waals surface area contributed by atoms with Crippen LogP contribution in [0.15, 0.2) is 41.6 Å². The Balaban J connectivity index is 1.68. The zero-order chi connectivity index (χ0) is 24.5. The summed E-state index contributed by atoms with van der Waals surface area (Å²) in [6, 6.07) is 5.35. The van der Waals surface area contributed by atoms with Crippen molar-refractivity contribution in [1.82, 2.24) is 34.7 Å². The number of anilines is 2. The fourth-order valence-electron chi connectivity index (χ4n) is 4.12. The summed E-state index contributed by atoms with van der Waals surface area (Å²) in [6.07, 6.45) is 5.19. The van der Waals surface area contributed by atoms with E-state index in [0.29, 0.717) is 47.0 Å². The number of benzene rings is 1. The van der Waals surface area contributed by atoms with E-state index in [2.05, 4.69) is 35.7 Å². The standard InChI is InChI=1S/C24H27N9O2/c1-4-33-12-18-20(32-33)21(28-14(3)22-26-6-5-7-27-22)19(24(35)31-18)23-29-16-10-13(2)15(25-8-9-34)11-17(16)30-23/h5-7,10-12,14,25,28,34H,4,8-9H2,1-3H3,(H,29,30)(H,31,35)/t14-/m0/s1. The molecule has 4 heterocycles. The molecule has 180 valence electrons. The summed E-state index contributed by atoms with van der Waals surface area (Å²) in [7, 11) is 0. The summed E-state index contributed by atoms with van der Waals surface area (Å²) < 4.78 is 1.78. The summed E-state index contributed by atoms with van der Waals surface area (Å²) in [6.45, 7) is 7.03. The summed E-state index contributed by atoms with van der Waals surface area (Å²) in [5.74, 6) is 1.03. The molecule has 35 heavy (non-hydrogen) atoms. The molecule has 1 atom stereocenters. The van der Waals surface area contributed by atoms with Crippen molar-refractivity contribution in [2.45, 2.75) is 33.4 Å². The number of hydrogen-bond acceptors (Lipinski definition) is 8. The lowest BCUT2D eigenvalue weighted by atomic mass is 10.1. The summed E-state index contributed by atoms with van der Waals surface area (Å²) >= 11 is 0. The molecule has 11 nitrogen and oxygen atoms in total. The molecular formula is C24H27N9O2. The molecular weight excluding hydrogens is 446 g/mol. The molecule has 0 saturated carbocycles. The third-order valence-electron chi connectivity index (χ3n) is 5.87. The molecule has 0 amide bonds. The Labute approximate surface area is 200 Å². The number of aromatic amines is 2. The maximum Gasteiger partial charge on any atom is 0.261 e. The van der Waals surface area contributed by atoms with E-state index < -0.39 is 0 Å². The van der Waals surface area contributed by atoms with Crippen LogP contribution in [0.2, 0.25) is 0 Å². The molecule has 0 saturated heterocycles. The summed E-state index contributed by atoms with van der Waals surface area (Å²) in [4.78, 5) is 33.0. The van der Waals surface area contributed by atoms with Crippen LogP contribution in [0.3, 0.4) is 0 Å². The summed E-state index contributed by atoms with van der Waals surface area (Å²) in [5, 5.41) is 20.5. The number of nitrogens with one attached hydrogen (secondary N) is 4. The van der Waals surface area contributed by atoms with Crippen molar-refractivity contribution in [3.63, 3.8) is 0 Å². The van der Waals surface area contributed by atoms with Crippen molar-refractivity contribution in [2.75, 3.05) is 23.8 Å². The highest BCUT2D eigenvalue weighted by atomic mass is 16.3. The fourth-order valence-corrected chi connectivity index (χ4v) is 4.12. The largest absolute Gasteiger partial charge is 0.395 e. The lowest BCUT2D eigenvalue weighted by molar-refractivity contribution is 0.311. The first-order valence-corrected chi connectivity index (χ1v) is 11.5. The Hall–Kier alpha value is -4.25. The molecule has 0 spiro atoms. The highest BCUT2D eigenvalue weighted by Crippen LogP contribution is 2.33. The molecule has 0 aliphatic carbocycles. The second kappa shape index (κ2) is 9.18. The van der Waals surface area contributed by atoms with Gasteiger partial charge >= 0.3 is 0 Å². The third-order valence-corrected chi connectivity index (χ3v) is 5.87. The Morgan fingerprint density at radius 2 is 1.97 bits per heavy atom. The van der Waals surface area contributed by atoms with Crippen molar-refractivity contribution >= 4 is 33.4 Å². The molecule has 4 aromatic heterocycles. The lowest BCUT2D eigenvalue weighted by Gasteiger charge is -2.16. The van der Waals surface area contributed by atoms with Crippen LogP contribution in [-0.2, 0) is 6.54 Å². The monoisotopic (exact) mass is 473 g/mol. The molecule has 0 bridgehead atoms. The van der Waals surface area contributed by atoms with Crippen LogP contribution in [0.5, 0.6) is 0 Å². The maximum atomic E-state index is 13.4. The topological polar surface area (TPSA) is 149 Å². The molecule has 5 N–H and O–H groups in total. The minimum atomic E-state index is -0.286. The van der Waals surface area contributed by atoms with E-state index in [-0.39, 0.29) is 18.2 Å². The van der Waals surface area contributed by atoms with Gasteiger partial charge in [-0.05, 0) is 44.5 Å². The number of H-pyrrole nitrogens is 2. The van der Waals surface area contributed by atoms with E-state index in [1.165, 1.54) is 0 Å². The number of aryl methyl sites for hydroxylation is 2. The number of hydrogen-bond donors (Lipinski definition) is 5. The number of rotatable bonds is 8. The Kier molecular flexibility index (Phi) is 5.91. The predicted molar refractivity (Wildman–Crippen MR) is 135 cm³/mol. The first kappa shape index (κ1) is 22.5. The molecule has 0 unspecified atom stereocenters. The zero-order valence-electron chi connectivity index (χ0n) is 19.8. The smallest absolute Gasteiger partial charge is 0.261 e. The number of pyridine rings is 1. The van der Waals surface area contributed by atoms with Gasteiger partial charge in [-0.25, -0.2) is 15.0 Å². The van der Waals surface area contributed by atoms with Gasteiger partial charge in [-0.1, -0.05) is 0 Å². The van der Waals surface area contributed by atoms with Crippen molar-refractivity contribution in [3.8, 4) is 11.4 Å². The van der Waals surface area contributed by atoms with E-state index in [0.717, 1.165) is 22.3 Å². The highest BCUT2D eigenvalue weighted by Gasteiger charge is 2.22. The van der Waals surface area contributed by atoms with Gasteiger partial charge in [0.05, 0.1) is 34.9 Å².